The van der Waals surface area contributed by atoms with E-state index in [1.165, 1.54) is 93.8 Å². The Bertz CT molecular complexity index is 1650. The number of hydrogen-bond donors (Lipinski definition) is 4. The van der Waals surface area contributed by atoms with Crippen LogP contribution < -0.4 is 10.5 Å². The van der Waals surface area contributed by atoms with E-state index in [1.54, 1.807) is 19.2 Å². The molecule has 312 valence electrons. The molecule has 1 aliphatic rings. The van der Waals surface area contributed by atoms with Crippen molar-refractivity contribution in [2.45, 2.75) is 140 Å². The van der Waals surface area contributed by atoms with Gasteiger partial charge in [0.2, 0.25) is 5.60 Å². The Morgan fingerprint density at radius 1 is 0.911 bits per heavy atom. The van der Waals surface area contributed by atoms with Gasteiger partial charge in [-0.25, -0.2) is 9.08 Å². The zero-order valence-electron chi connectivity index (χ0n) is 33.1. The number of methoxy groups -OCH3 is 1. The summed E-state index contributed by atoms with van der Waals surface area (Å²) in [5, 5.41) is 36.2. The van der Waals surface area contributed by atoms with E-state index in [0.717, 1.165) is 24.8 Å². The molecule has 15 heteroatoms. The van der Waals surface area contributed by atoms with Crippen LogP contribution in [0.4, 0.5) is 5.69 Å². The second-order valence-electron chi connectivity index (χ2n) is 14.6. The number of nitrogens with two attached hydrogens (primary N) is 1. The largest absolute Gasteiger partial charge is 0.497 e. The standard InChI is InChI=1S/C41H63N4O10P/c1-3-4-5-6-7-8-9-10-11-12-13-14-15-16-17-26-51-28-34(52-27-32-18-20-33(50-2)21-19-32)29-53-56(48,49)54-30-37-39(46)40(47)41(31-42,55-37)38-23-22-36-35(43)24-25-44-45(36)38/h18-25,34,37,39-40,46-47H,3-17,26-30,43H2,1-2H3,(H,48,49)/t34-,37-,39-,40-,41+/m1/s1. The number of hydrogen-bond acceptors (Lipinski definition) is 12. The van der Waals surface area contributed by atoms with Gasteiger partial charge in [0.25, 0.3) is 0 Å². The molecule has 0 saturated carbocycles. The van der Waals surface area contributed by atoms with Crippen LogP contribution >= 0.6 is 7.82 Å². The first-order valence-corrected chi connectivity index (χ1v) is 21.8. The normalized spacial score (nSPS) is 21.2. The fraction of sp³-hybridized carbons (Fsp3) is 0.659. The van der Waals surface area contributed by atoms with Gasteiger partial charge in [0, 0.05) is 12.8 Å². The smallest absolute Gasteiger partial charge is 0.472 e. The minimum absolute atomic E-state index is 0.125. The van der Waals surface area contributed by atoms with E-state index in [0.29, 0.717) is 23.6 Å². The first kappa shape index (κ1) is 45.6. The van der Waals surface area contributed by atoms with Crippen LogP contribution in [0.2, 0.25) is 0 Å². The number of nitrogen functional groups attached to an aromatic ring is 1. The summed E-state index contributed by atoms with van der Waals surface area (Å²) in [6.45, 7) is 2.11. The van der Waals surface area contributed by atoms with Gasteiger partial charge in [-0.05, 0) is 42.3 Å². The van der Waals surface area contributed by atoms with Crippen LogP contribution in [-0.4, -0.2) is 82.7 Å². The molecule has 6 atom stereocenters. The van der Waals surface area contributed by atoms with E-state index < -0.39 is 44.4 Å². The van der Waals surface area contributed by atoms with Crippen LogP contribution in [0, 0.1) is 11.3 Å². The molecule has 3 heterocycles. The van der Waals surface area contributed by atoms with Crippen LogP contribution in [0.1, 0.15) is 114 Å². The van der Waals surface area contributed by atoms with Gasteiger partial charge in [-0.2, -0.15) is 10.4 Å². The number of ether oxygens (including phenoxy) is 4. The van der Waals surface area contributed by atoms with Crippen molar-refractivity contribution in [2.24, 2.45) is 0 Å². The molecule has 3 aromatic rings. The van der Waals surface area contributed by atoms with Gasteiger partial charge in [-0.3, -0.25) is 9.05 Å². The lowest BCUT2D eigenvalue weighted by Crippen LogP contribution is -2.41. The van der Waals surface area contributed by atoms with Crippen LogP contribution in [0.3, 0.4) is 0 Å². The molecule has 1 unspecified atom stereocenters. The molecule has 1 aromatic carbocycles. The lowest BCUT2D eigenvalue weighted by Gasteiger charge is -2.24. The Balaban J connectivity index is 1.19. The summed E-state index contributed by atoms with van der Waals surface area (Å²) >= 11 is 0. The highest BCUT2D eigenvalue weighted by Gasteiger charge is 2.58. The summed E-state index contributed by atoms with van der Waals surface area (Å²) < 4.78 is 47.9. The Morgan fingerprint density at radius 2 is 1.54 bits per heavy atom. The van der Waals surface area contributed by atoms with Gasteiger partial charge in [0.15, 0.2) is 0 Å². The van der Waals surface area contributed by atoms with Gasteiger partial charge >= 0.3 is 7.82 Å². The molecule has 0 spiro atoms. The second kappa shape index (κ2) is 24.0. The number of unbranched alkanes of at least 4 members (excludes halogenated alkanes) is 14. The number of rotatable bonds is 29. The number of nitriles is 1. The summed E-state index contributed by atoms with van der Waals surface area (Å²) in [5.41, 5.74) is 5.80. The van der Waals surface area contributed by atoms with Crippen LogP contribution in [0.15, 0.2) is 48.7 Å². The van der Waals surface area contributed by atoms with Gasteiger partial charge in [0.1, 0.15) is 36.2 Å². The summed E-state index contributed by atoms with van der Waals surface area (Å²) in [6.07, 6.45) is 15.1. The molecule has 4 rings (SSSR count). The molecular weight excluding hydrogens is 739 g/mol. The van der Waals surface area contributed by atoms with Gasteiger partial charge in [-0.15, -0.1) is 0 Å². The van der Waals surface area contributed by atoms with E-state index in [9.17, 15) is 24.9 Å². The Hall–Kier alpha value is -3.09. The highest BCUT2D eigenvalue weighted by atomic mass is 31.2. The second-order valence-corrected chi connectivity index (χ2v) is 16.1. The highest BCUT2D eigenvalue weighted by molar-refractivity contribution is 7.47. The van der Waals surface area contributed by atoms with Gasteiger partial charge < -0.3 is 39.8 Å². The molecule has 0 bridgehead atoms. The molecule has 0 aliphatic carbocycles. The van der Waals surface area contributed by atoms with Crippen molar-refractivity contribution >= 4 is 19.0 Å². The quantitative estimate of drug-likeness (QED) is 0.0401. The van der Waals surface area contributed by atoms with Crippen molar-refractivity contribution in [3.05, 3.63) is 59.9 Å². The minimum Gasteiger partial charge on any atom is -0.497 e. The third kappa shape index (κ3) is 13.8. The third-order valence-electron chi connectivity index (χ3n) is 10.3. The molecule has 5 N–H and O–H groups in total. The van der Waals surface area contributed by atoms with E-state index >= 15 is 0 Å². The van der Waals surface area contributed by atoms with Crippen molar-refractivity contribution in [1.82, 2.24) is 9.61 Å². The van der Waals surface area contributed by atoms with Crippen molar-refractivity contribution in [2.75, 3.05) is 39.3 Å². The van der Waals surface area contributed by atoms with E-state index in [4.69, 9.17) is 33.7 Å². The number of aromatic nitrogens is 2. The minimum atomic E-state index is -4.73. The third-order valence-corrected chi connectivity index (χ3v) is 11.2. The van der Waals surface area contributed by atoms with Crippen molar-refractivity contribution in [1.29, 1.82) is 5.26 Å². The van der Waals surface area contributed by atoms with E-state index in [-0.39, 0.29) is 25.5 Å². The fourth-order valence-electron chi connectivity index (χ4n) is 6.89. The monoisotopic (exact) mass is 802 g/mol. The Labute approximate surface area is 331 Å². The lowest BCUT2D eigenvalue weighted by molar-refractivity contribution is -0.0690. The maximum absolute atomic E-state index is 13.0. The number of phosphoric acid groups is 1. The molecule has 1 fully saturated rings. The van der Waals surface area contributed by atoms with E-state index in [2.05, 4.69) is 12.0 Å². The summed E-state index contributed by atoms with van der Waals surface area (Å²) in [6, 6.07) is 14.0. The van der Waals surface area contributed by atoms with Crippen LogP contribution in [-0.2, 0) is 40.0 Å². The van der Waals surface area contributed by atoms with E-state index in [1.807, 2.05) is 30.3 Å². The van der Waals surface area contributed by atoms with Gasteiger partial charge in [0.05, 0.1) is 50.4 Å². The predicted molar refractivity (Wildman–Crippen MR) is 213 cm³/mol. The number of anilines is 1. The summed E-state index contributed by atoms with van der Waals surface area (Å²) in [7, 11) is -3.14. The maximum Gasteiger partial charge on any atom is 0.472 e. The molecular formula is C41H63N4O10P. The zero-order valence-corrected chi connectivity index (χ0v) is 34.0. The Morgan fingerprint density at radius 3 is 2.14 bits per heavy atom. The van der Waals surface area contributed by atoms with Crippen molar-refractivity contribution < 1.29 is 47.7 Å². The lowest BCUT2D eigenvalue weighted by atomic mass is 9.92. The van der Waals surface area contributed by atoms with Crippen LogP contribution in [0.25, 0.3) is 5.52 Å². The van der Waals surface area contributed by atoms with Gasteiger partial charge in [-0.1, -0.05) is 109 Å². The molecule has 2 aromatic heterocycles. The zero-order chi connectivity index (χ0) is 40.2. The molecule has 14 nitrogen and oxygen atoms in total. The Kier molecular flexibility index (Phi) is 19.5. The first-order chi connectivity index (χ1) is 27.1. The number of nitrogens with zero attached hydrogens (tertiary/aromatic N) is 3. The molecule has 1 aliphatic heterocycles. The first-order valence-electron chi connectivity index (χ1n) is 20.3. The van der Waals surface area contributed by atoms with Crippen molar-refractivity contribution in [3.63, 3.8) is 0 Å². The van der Waals surface area contributed by atoms with Crippen LogP contribution in [0.5, 0.6) is 5.75 Å². The fourth-order valence-corrected chi connectivity index (χ4v) is 7.65. The SMILES string of the molecule is CCCCCCCCCCCCCCCCCOC[C@H](COP(=O)(O)OC[C@H]1O[C@@](C#N)(c2ccc3c(N)ccnn23)[C@H](O)[C@@H]1O)OCc1ccc(OC)cc1. The number of aliphatic hydroxyl groups is 2. The van der Waals surface area contributed by atoms with Crippen molar-refractivity contribution in [3.8, 4) is 11.8 Å². The summed E-state index contributed by atoms with van der Waals surface area (Å²) in [4.78, 5) is 10.6. The summed E-state index contributed by atoms with van der Waals surface area (Å²) in [5.74, 6) is 0.706. The predicted octanol–water partition coefficient (Wildman–Crippen LogP) is 7.37. The topological polar surface area (TPSA) is 200 Å². The highest BCUT2D eigenvalue weighted by Crippen LogP contribution is 2.46. The average Bonchev–Trinajstić information content (AvgIpc) is 3.75. The molecule has 1 saturated heterocycles. The molecule has 0 amide bonds. The number of fused-ring (bicyclic) bond motifs is 1. The number of phosphoric ester groups is 1. The maximum atomic E-state index is 13.0. The average molecular weight is 803 g/mol. The molecule has 0 radical (unpaired) electrons. The number of benzene rings is 1. The molecule has 56 heavy (non-hydrogen) atoms. The number of aliphatic hydroxyl groups excluding tert-OH is 2.